The second-order valence-corrected chi connectivity index (χ2v) is 11.3. The van der Waals surface area contributed by atoms with Gasteiger partial charge in [0.2, 0.25) is 6.10 Å². The topological polar surface area (TPSA) is 244 Å². The van der Waals surface area contributed by atoms with Crippen molar-refractivity contribution in [1.29, 1.82) is 0 Å². The lowest BCUT2D eigenvalue weighted by molar-refractivity contribution is -0.324. The summed E-state index contributed by atoms with van der Waals surface area (Å²) < 4.78 is 61.2. The second-order valence-electron chi connectivity index (χ2n) is 11.3. The van der Waals surface area contributed by atoms with E-state index in [1.54, 1.807) is 6.92 Å². The number of carbonyl (C=O) groups is 6. The molecule has 0 amide bonds. The minimum Gasteiger partial charge on any atom is -0.472 e. The van der Waals surface area contributed by atoms with Gasteiger partial charge in [0, 0.05) is 41.5 Å². The molecule has 1 aromatic heterocycles. The zero-order valence-electron chi connectivity index (χ0n) is 28.2. The third-order valence-electron chi connectivity index (χ3n) is 7.19. The molecule has 11 atom stereocenters. The summed E-state index contributed by atoms with van der Waals surface area (Å²) in [5, 5.41) is 7.70. The summed E-state index contributed by atoms with van der Waals surface area (Å²) in [7, 11) is 0. The van der Waals surface area contributed by atoms with Crippen LogP contribution in [0.2, 0.25) is 0 Å². The highest BCUT2D eigenvalue weighted by Gasteiger charge is 2.55. The molecule has 4 rings (SSSR count). The summed E-state index contributed by atoms with van der Waals surface area (Å²) >= 11 is 0. The van der Waals surface area contributed by atoms with Gasteiger partial charge in [0.05, 0.1) is 6.61 Å². The second kappa shape index (κ2) is 16.9. The van der Waals surface area contributed by atoms with E-state index < -0.39 is 110 Å². The van der Waals surface area contributed by atoms with Crippen LogP contribution < -0.4 is 9.57 Å². The summed E-state index contributed by atoms with van der Waals surface area (Å²) in [6.07, 6.45) is -11.5. The van der Waals surface area contributed by atoms with Crippen LogP contribution in [0, 0.1) is 0 Å². The zero-order chi connectivity index (χ0) is 36.7. The van der Waals surface area contributed by atoms with Crippen molar-refractivity contribution in [3.63, 3.8) is 0 Å². The van der Waals surface area contributed by atoms with Crippen LogP contribution >= 0.6 is 0 Å². The molecule has 21 nitrogen and oxygen atoms in total. The molecule has 50 heavy (non-hydrogen) atoms. The number of fused-ring (bicyclic) bond motifs is 1. The third kappa shape index (κ3) is 10.2. The van der Waals surface area contributed by atoms with Crippen LogP contribution in [0.3, 0.4) is 0 Å². The monoisotopic (exact) mass is 717 g/mol. The van der Waals surface area contributed by atoms with E-state index in [9.17, 15) is 28.8 Å². The van der Waals surface area contributed by atoms with Crippen molar-refractivity contribution in [1.82, 2.24) is 15.2 Å². The van der Waals surface area contributed by atoms with Crippen LogP contribution in [0.4, 0.5) is 0 Å². The maximum atomic E-state index is 12.1. The van der Waals surface area contributed by atoms with Crippen molar-refractivity contribution in [2.75, 3.05) is 19.8 Å². The minimum atomic E-state index is -1.60. The zero-order valence-corrected chi connectivity index (χ0v) is 28.2. The quantitative estimate of drug-likeness (QED) is 0.177. The van der Waals surface area contributed by atoms with Crippen molar-refractivity contribution in [3.8, 4) is 5.88 Å². The van der Waals surface area contributed by atoms with Crippen molar-refractivity contribution < 1.29 is 85.7 Å². The molecule has 0 aromatic carbocycles. The maximum absolute atomic E-state index is 12.1. The Morgan fingerprint density at radius 3 is 1.84 bits per heavy atom. The average Bonchev–Trinajstić information content (AvgIpc) is 3.45. The predicted octanol–water partition coefficient (Wildman–Crippen LogP) is -1.44. The maximum Gasteiger partial charge on any atom is 0.303 e. The lowest BCUT2D eigenvalue weighted by atomic mass is 9.94. The Labute approximate surface area is 284 Å². The normalized spacial score (nSPS) is 31.9. The number of hydrogen-bond donors (Lipinski definition) is 0. The van der Waals surface area contributed by atoms with Crippen molar-refractivity contribution in [2.45, 2.75) is 116 Å². The molecule has 21 heteroatoms. The fourth-order valence-corrected chi connectivity index (χ4v) is 5.47. The summed E-state index contributed by atoms with van der Waals surface area (Å²) in [5.74, 6) is -4.61. The number of aromatic nitrogens is 3. The predicted molar refractivity (Wildman–Crippen MR) is 154 cm³/mol. The first kappa shape index (κ1) is 38.2. The van der Waals surface area contributed by atoms with Gasteiger partial charge in [0.1, 0.15) is 43.8 Å². The van der Waals surface area contributed by atoms with E-state index in [1.165, 1.54) is 13.8 Å². The molecule has 0 bridgehead atoms. The molecular weight excluding hydrogens is 678 g/mol. The van der Waals surface area contributed by atoms with Crippen LogP contribution in [-0.2, 0) is 76.1 Å². The van der Waals surface area contributed by atoms with E-state index >= 15 is 0 Å². The molecule has 0 N–H and O–H groups in total. The Morgan fingerprint density at radius 1 is 0.700 bits per heavy atom. The molecule has 0 radical (unpaired) electrons. The molecule has 1 aromatic rings. The molecule has 4 heterocycles. The number of esters is 6. The Balaban J connectivity index is 1.54. The van der Waals surface area contributed by atoms with Gasteiger partial charge in [0.15, 0.2) is 30.7 Å². The smallest absolute Gasteiger partial charge is 0.303 e. The van der Waals surface area contributed by atoms with Gasteiger partial charge < -0.3 is 56.9 Å². The lowest BCUT2D eigenvalue weighted by Gasteiger charge is -2.47. The lowest BCUT2D eigenvalue weighted by Crippen LogP contribution is -2.65. The van der Waals surface area contributed by atoms with E-state index in [0.717, 1.165) is 38.7 Å². The van der Waals surface area contributed by atoms with Gasteiger partial charge in [-0.05, 0) is 12.1 Å². The summed E-state index contributed by atoms with van der Waals surface area (Å²) in [5.41, 5.74) is 0. The molecular formula is C29H39N3O18. The SMILES string of the molecule is CC(=O)OC[C@H]1O[C@@H](On2cc(OC[C@@H]3O[C@@H]4COC(C)O[C@H]4[C@H](OC(C)=O)[C@H]3OC(C)=O)nn2)[C@H](OC(C)=O)[C@@H](OC(C)=O)[C@@H]1OC(C)=O. The van der Waals surface area contributed by atoms with Gasteiger partial charge in [-0.3, -0.25) is 28.8 Å². The first-order chi connectivity index (χ1) is 23.6. The first-order valence-electron chi connectivity index (χ1n) is 15.4. The molecule has 0 aliphatic carbocycles. The highest BCUT2D eigenvalue weighted by molar-refractivity contribution is 5.69. The van der Waals surface area contributed by atoms with Crippen molar-refractivity contribution in [3.05, 3.63) is 6.20 Å². The standard InChI is InChI=1S/C29H39N3O18/c1-12(33)39-9-21-24(43-14(3)35)27(45-16(5)37)28(46-17(6)38)29(49-21)50-32-8-22(30-31-32)41-11-20-23(42-13(2)34)26(44-15(4)36)25-19(48-20)10-40-18(7)47-25/h8,18-21,23-29H,9-11H2,1-7H3/t18?,19-,20+,21-,23+,24-,25-,26-,27+,28-,29+/m1/s1. The first-order valence-corrected chi connectivity index (χ1v) is 15.4. The fourth-order valence-electron chi connectivity index (χ4n) is 5.47. The van der Waals surface area contributed by atoms with Gasteiger partial charge in [-0.1, -0.05) is 9.94 Å². The summed E-state index contributed by atoms with van der Waals surface area (Å²) in [6.45, 7) is 7.74. The fraction of sp³-hybridized carbons (Fsp3) is 0.724. The molecule has 1 unspecified atom stereocenters. The van der Waals surface area contributed by atoms with Crippen molar-refractivity contribution in [2.24, 2.45) is 0 Å². The van der Waals surface area contributed by atoms with E-state index in [1.807, 2.05) is 0 Å². The van der Waals surface area contributed by atoms with Crippen LogP contribution in [0.5, 0.6) is 5.88 Å². The highest BCUT2D eigenvalue weighted by Crippen LogP contribution is 2.33. The number of ether oxygens (including phenoxy) is 11. The third-order valence-corrected chi connectivity index (χ3v) is 7.19. The Kier molecular flexibility index (Phi) is 12.9. The Morgan fingerprint density at radius 2 is 1.24 bits per heavy atom. The number of rotatable bonds is 12. The number of nitrogens with zero attached hydrogens (tertiary/aromatic N) is 3. The number of carbonyl (C=O) groups excluding carboxylic acids is 6. The molecule has 3 aliphatic heterocycles. The molecule has 3 fully saturated rings. The van der Waals surface area contributed by atoms with Gasteiger partial charge in [-0.2, -0.15) is 0 Å². The Bertz CT molecular complexity index is 1400. The van der Waals surface area contributed by atoms with Gasteiger partial charge >= 0.3 is 35.8 Å². The average molecular weight is 718 g/mol. The summed E-state index contributed by atoms with van der Waals surface area (Å²) in [4.78, 5) is 78.3. The molecule has 278 valence electrons. The molecule has 3 saturated heterocycles. The minimum absolute atomic E-state index is 0.0902. The van der Waals surface area contributed by atoms with Gasteiger partial charge in [0.25, 0.3) is 12.2 Å². The summed E-state index contributed by atoms with van der Waals surface area (Å²) in [6, 6.07) is 0. The molecule has 0 spiro atoms. The van der Waals surface area contributed by atoms with Crippen LogP contribution in [-0.4, -0.2) is 138 Å². The van der Waals surface area contributed by atoms with Crippen LogP contribution in [0.25, 0.3) is 0 Å². The number of hydrogen-bond acceptors (Lipinski definition) is 20. The highest BCUT2D eigenvalue weighted by atomic mass is 16.8. The van der Waals surface area contributed by atoms with Crippen LogP contribution in [0.1, 0.15) is 48.5 Å². The van der Waals surface area contributed by atoms with E-state index in [-0.39, 0.29) is 19.1 Å². The molecule has 0 saturated carbocycles. The Hall–Kier alpha value is -4.60. The van der Waals surface area contributed by atoms with Crippen LogP contribution in [0.15, 0.2) is 6.20 Å². The van der Waals surface area contributed by atoms with E-state index in [2.05, 4.69) is 10.3 Å². The molecule has 3 aliphatic rings. The van der Waals surface area contributed by atoms with E-state index in [0.29, 0.717) is 0 Å². The largest absolute Gasteiger partial charge is 0.472 e. The van der Waals surface area contributed by atoms with Gasteiger partial charge in [-0.15, -0.1) is 0 Å². The van der Waals surface area contributed by atoms with E-state index in [4.69, 9.17) is 56.9 Å². The van der Waals surface area contributed by atoms with Crippen molar-refractivity contribution >= 4 is 35.8 Å². The van der Waals surface area contributed by atoms with Gasteiger partial charge in [-0.25, -0.2) is 0 Å².